The third-order valence-electron chi connectivity index (χ3n) is 1.44. The molecule has 0 heterocycles. The first-order valence-electron chi connectivity index (χ1n) is 2.67. The molecule has 42 valence electrons. The van der Waals surface area contributed by atoms with Gasteiger partial charge in [0.1, 0.15) is 0 Å². The van der Waals surface area contributed by atoms with Gasteiger partial charge in [-0.1, -0.05) is 6.42 Å². The zero-order valence-corrected chi connectivity index (χ0v) is 5.96. The molecule has 0 aromatic rings. The molecule has 0 spiro atoms. The zero-order valence-electron chi connectivity index (χ0n) is 4.17. The fourth-order valence-corrected chi connectivity index (χ4v) is 1.58. The molecule has 2 atom stereocenters. The number of hydrogen-bond acceptors (Lipinski definition) is 2. The lowest BCUT2D eigenvalue weighted by atomic mass is 10.4. The molecule has 0 nitrogen and oxygen atoms in total. The average molecular weight is 134 g/mol. The van der Waals surface area contributed by atoms with Crippen molar-refractivity contribution >= 4 is 25.3 Å². The summed E-state index contributed by atoms with van der Waals surface area (Å²) in [5, 5.41) is 1.15. The second-order valence-corrected chi connectivity index (χ2v) is 3.39. The molecule has 1 fully saturated rings. The first-order chi connectivity index (χ1) is 3.30. The summed E-state index contributed by atoms with van der Waals surface area (Å²) in [6.45, 7) is 0. The molecule has 0 aromatic carbocycles. The highest BCUT2D eigenvalue weighted by Crippen LogP contribution is 2.27. The van der Waals surface area contributed by atoms with Crippen molar-refractivity contribution in [2.75, 3.05) is 0 Å². The normalized spacial score (nSPS) is 42.0. The Morgan fingerprint density at radius 3 is 1.57 bits per heavy atom. The topological polar surface area (TPSA) is 0 Å². The fraction of sp³-hybridized carbons (Fsp3) is 1.00. The summed E-state index contributed by atoms with van der Waals surface area (Å²) >= 11 is 8.62. The van der Waals surface area contributed by atoms with E-state index < -0.39 is 0 Å². The monoisotopic (exact) mass is 134 g/mol. The van der Waals surface area contributed by atoms with Crippen LogP contribution in [0.4, 0.5) is 0 Å². The van der Waals surface area contributed by atoms with E-state index in [0.717, 1.165) is 0 Å². The van der Waals surface area contributed by atoms with E-state index >= 15 is 0 Å². The number of hydrogen-bond donors (Lipinski definition) is 2. The highest BCUT2D eigenvalue weighted by molar-refractivity contribution is 7.85. The van der Waals surface area contributed by atoms with E-state index in [1.165, 1.54) is 19.3 Å². The summed E-state index contributed by atoms with van der Waals surface area (Å²) in [5.74, 6) is 0. The molecule has 0 aliphatic heterocycles. The van der Waals surface area contributed by atoms with Crippen molar-refractivity contribution in [1.29, 1.82) is 0 Å². The Morgan fingerprint density at radius 1 is 1.00 bits per heavy atom. The zero-order chi connectivity index (χ0) is 5.28. The Balaban J connectivity index is 2.33. The summed E-state index contributed by atoms with van der Waals surface area (Å²) in [5.41, 5.74) is 0. The van der Waals surface area contributed by atoms with Crippen LogP contribution in [0.3, 0.4) is 0 Å². The van der Waals surface area contributed by atoms with Crippen LogP contribution in [-0.2, 0) is 0 Å². The van der Waals surface area contributed by atoms with Crippen LogP contribution in [-0.4, -0.2) is 10.5 Å². The van der Waals surface area contributed by atoms with E-state index in [2.05, 4.69) is 25.3 Å². The van der Waals surface area contributed by atoms with Crippen LogP contribution < -0.4 is 0 Å². The van der Waals surface area contributed by atoms with E-state index in [1.54, 1.807) is 0 Å². The molecule has 2 heteroatoms. The Morgan fingerprint density at radius 2 is 1.43 bits per heavy atom. The van der Waals surface area contributed by atoms with Crippen molar-refractivity contribution in [1.82, 2.24) is 0 Å². The first kappa shape index (κ1) is 5.83. The Hall–Kier alpha value is 0.700. The molecule has 1 saturated carbocycles. The molecule has 0 radical (unpaired) electrons. The van der Waals surface area contributed by atoms with Crippen LogP contribution in [0, 0.1) is 0 Å². The molecule has 0 unspecified atom stereocenters. The largest absolute Gasteiger partial charge is 0.175 e. The molecule has 1 rings (SSSR count). The van der Waals surface area contributed by atoms with Gasteiger partial charge in [-0.25, -0.2) is 0 Å². The molecule has 1 aliphatic rings. The molecule has 7 heavy (non-hydrogen) atoms. The molecular formula is C5H10S2. The summed E-state index contributed by atoms with van der Waals surface area (Å²) < 4.78 is 0. The van der Waals surface area contributed by atoms with Crippen molar-refractivity contribution in [3.63, 3.8) is 0 Å². The molecule has 0 amide bonds. The van der Waals surface area contributed by atoms with Gasteiger partial charge in [0, 0.05) is 10.5 Å². The minimum absolute atomic E-state index is 0.573. The van der Waals surface area contributed by atoms with E-state index in [0.29, 0.717) is 10.5 Å². The van der Waals surface area contributed by atoms with Gasteiger partial charge >= 0.3 is 0 Å². The van der Waals surface area contributed by atoms with Gasteiger partial charge < -0.3 is 0 Å². The minimum Gasteiger partial charge on any atom is -0.175 e. The Labute approximate surface area is 55.5 Å². The van der Waals surface area contributed by atoms with Crippen LogP contribution in [0.1, 0.15) is 19.3 Å². The van der Waals surface area contributed by atoms with Crippen LogP contribution in [0.5, 0.6) is 0 Å². The minimum atomic E-state index is 0.573. The van der Waals surface area contributed by atoms with Crippen molar-refractivity contribution in [2.45, 2.75) is 29.8 Å². The van der Waals surface area contributed by atoms with E-state index in [1.807, 2.05) is 0 Å². The van der Waals surface area contributed by atoms with Gasteiger partial charge in [-0.3, -0.25) is 0 Å². The van der Waals surface area contributed by atoms with Crippen molar-refractivity contribution < 1.29 is 0 Å². The number of rotatable bonds is 0. The maximum Gasteiger partial charge on any atom is 0.0133 e. The van der Waals surface area contributed by atoms with Crippen molar-refractivity contribution in [3.8, 4) is 0 Å². The van der Waals surface area contributed by atoms with Crippen molar-refractivity contribution in [2.24, 2.45) is 0 Å². The smallest absolute Gasteiger partial charge is 0.0133 e. The van der Waals surface area contributed by atoms with Gasteiger partial charge in [0.2, 0.25) is 0 Å². The summed E-state index contributed by atoms with van der Waals surface area (Å²) in [4.78, 5) is 0. The lowest BCUT2D eigenvalue weighted by molar-refractivity contribution is 0.891. The summed E-state index contributed by atoms with van der Waals surface area (Å²) in [7, 11) is 0. The quantitative estimate of drug-likeness (QED) is 0.463. The van der Waals surface area contributed by atoms with Crippen LogP contribution in [0.2, 0.25) is 0 Å². The van der Waals surface area contributed by atoms with Crippen LogP contribution in [0.15, 0.2) is 0 Å². The maximum atomic E-state index is 4.31. The van der Waals surface area contributed by atoms with Gasteiger partial charge in [0.15, 0.2) is 0 Å². The lowest BCUT2D eigenvalue weighted by Gasteiger charge is -2.03. The van der Waals surface area contributed by atoms with Gasteiger partial charge in [-0.15, -0.1) is 0 Å². The maximum absolute atomic E-state index is 4.31. The predicted octanol–water partition coefficient (Wildman–Crippen LogP) is 1.77. The summed E-state index contributed by atoms with van der Waals surface area (Å²) in [6.07, 6.45) is 3.84. The molecule has 0 saturated heterocycles. The third kappa shape index (κ3) is 1.29. The third-order valence-corrected chi connectivity index (χ3v) is 2.92. The highest BCUT2D eigenvalue weighted by atomic mass is 32.1. The lowest BCUT2D eigenvalue weighted by Crippen LogP contribution is -2.04. The molecule has 0 bridgehead atoms. The standard InChI is InChI=1S/C5H10S2/c6-4-2-1-3-5(4)7/h4-7H,1-3H2/t4-,5-/m1/s1. The van der Waals surface area contributed by atoms with Crippen molar-refractivity contribution in [3.05, 3.63) is 0 Å². The summed E-state index contributed by atoms with van der Waals surface area (Å²) in [6, 6.07) is 0. The predicted molar refractivity (Wildman–Crippen MR) is 39.4 cm³/mol. The second-order valence-electron chi connectivity index (χ2n) is 2.07. The van der Waals surface area contributed by atoms with Crippen LogP contribution >= 0.6 is 25.3 Å². The SMILES string of the molecule is S[C@@H]1CCC[C@H]1S. The molecule has 0 N–H and O–H groups in total. The molecule has 1 aliphatic carbocycles. The number of thiol groups is 2. The average Bonchev–Trinajstić information content (AvgIpc) is 1.91. The van der Waals surface area contributed by atoms with E-state index in [4.69, 9.17) is 0 Å². The molecule has 0 aromatic heterocycles. The van der Waals surface area contributed by atoms with Gasteiger partial charge in [-0.05, 0) is 12.8 Å². The van der Waals surface area contributed by atoms with E-state index in [9.17, 15) is 0 Å². The highest BCUT2D eigenvalue weighted by Gasteiger charge is 2.19. The van der Waals surface area contributed by atoms with Crippen LogP contribution in [0.25, 0.3) is 0 Å². The second kappa shape index (κ2) is 2.31. The van der Waals surface area contributed by atoms with E-state index in [-0.39, 0.29) is 0 Å². The Bertz CT molecular complexity index is 55.1. The van der Waals surface area contributed by atoms with Gasteiger partial charge in [0.25, 0.3) is 0 Å². The Kier molecular flexibility index (Phi) is 1.93. The van der Waals surface area contributed by atoms with Gasteiger partial charge in [-0.2, -0.15) is 25.3 Å². The fourth-order valence-electron chi connectivity index (χ4n) is 0.921. The molecular weight excluding hydrogens is 124 g/mol. The van der Waals surface area contributed by atoms with Gasteiger partial charge in [0.05, 0.1) is 0 Å². The first-order valence-corrected chi connectivity index (χ1v) is 3.70.